The molecular formula is C19H24N4O6. The van der Waals surface area contributed by atoms with E-state index in [4.69, 9.17) is 14.0 Å². The molecule has 1 aliphatic rings. The number of aromatic nitrogens is 2. The molecule has 1 amide bonds. The number of amides is 1. The minimum absolute atomic E-state index is 0.0898. The van der Waals surface area contributed by atoms with E-state index in [2.05, 4.69) is 15.1 Å². The summed E-state index contributed by atoms with van der Waals surface area (Å²) in [5.74, 6) is 0. The Hall–Kier alpha value is -3.17. The van der Waals surface area contributed by atoms with Gasteiger partial charge in [0.2, 0.25) is 5.71 Å². The number of oxime groups is 1. The van der Waals surface area contributed by atoms with Gasteiger partial charge in [-0.3, -0.25) is 9.78 Å². The highest BCUT2D eigenvalue weighted by Crippen LogP contribution is 2.16. The van der Waals surface area contributed by atoms with Gasteiger partial charge in [0.15, 0.2) is 0 Å². The fourth-order valence-electron chi connectivity index (χ4n) is 2.92. The van der Waals surface area contributed by atoms with Crippen LogP contribution in [0.5, 0.6) is 6.01 Å². The summed E-state index contributed by atoms with van der Waals surface area (Å²) in [5, 5.41) is 4.24. The quantitative estimate of drug-likeness (QED) is 0.777. The highest BCUT2D eigenvalue weighted by atomic mass is 16.6. The second-order valence-corrected chi connectivity index (χ2v) is 7.71. The molecule has 3 heterocycles. The average Bonchev–Trinajstić information content (AvgIpc) is 2.64. The summed E-state index contributed by atoms with van der Waals surface area (Å²) in [6.07, 6.45) is 1.14. The Morgan fingerprint density at radius 1 is 1.31 bits per heavy atom. The Morgan fingerprint density at radius 3 is 2.62 bits per heavy atom. The molecule has 1 N–H and O–H groups in total. The standard InChI is InChI=1S/C19H24N4O6/c1-5-11-10-13(24)27-16-14(11)15(25)20-17(21-16)29-22-12-6-8-23(9-7-12)18(26)28-19(2,3)4/h10H,5-9H2,1-4H3,(H,20,21,25). The van der Waals surface area contributed by atoms with Gasteiger partial charge in [-0.2, -0.15) is 4.98 Å². The molecule has 0 radical (unpaired) electrons. The lowest BCUT2D eigenvalue weighted by Gasteiger charge is -2.30. The molecule has 0 aromatic carbocycles. The van der Waals surface area contributed by atoms with E-state index in [0.717, 1.165) is 5.71 Å². The van der Waals surface area contributed by atoms with Crippen molar-refractivity contribution in [2.24, 2.45) is 5.16 Å². The molecule has 0 aliphatic carbocycles. The van der Waals surface area contributed by atoms with Crippen LogP contribution in [0.4, 0.5) is 4.79 Å². The van der Waals surface area contributed by atoms with Crippen molar-refractivity contribution in [3.05, 3.63) is 32.4 Å². The number of nitrogens with zero attached hydrogens (tertiary/aromatic N) is 3. The van der Waals surface area contributed by atoms with Crippen molar-refractivity contribution in [1.82, 2.24) is 14.9 Å². The second-order valence-electron chi connectivity index (χ2n) is 7.71. The summed E-state index contributed by atoms with van der Waals surface area (Å²) in [7, 11) is 0. The molecule has 3 rings (SSSR count). The van der Waals surface area contributed by atoms with Crippen molar-refractivity contribution in [2.45, 2.75) is 52.6 Å². The van der Waals surface area contributed by atoms with Crippen LogP contribution in [0.3, 0.4) is 0 Å². The predicted octanol–water partition coefficient (Wildman–Crippen LogP) is 2.20. The third kappa shape index (κ3) is 5.01. The highest BCUT2D eigenvalue weighted by molar-refractivity contribution is 5.86. The summed E-state index contributed by atoms with van der Waals surface area (Å²) >= 11 is 0. The number of aryl methyl sites for hydroxylation is 1. The van der Waals surface area contributed by atoms with Gasteiger partial charge in [-0.15, -0.1) is 0 Å². The highest BCUT2D eigenvalue weighted by Gasteiger charge is 2.25. The maximum atomic E-state index is 12.3. The molecule has 2 aromatic rings. The van der Waals surface area contributed by atoms with Gasteiger partial charge in [0.25, 0.3) is 5.56 Å². The van der Waals surface area contributed by atoms with Crippen LogP contribution in [-0.2, 0) is 11.2 Å². The molecule has 0 saturated carbocycles. The van der Waals surface area contributed by atoms with Crippen LogP contribution < -0.4 is 16.0 Å². The Bertz CT molecular complexity index is 1050. The van der Waals surface area contributed by atoms with Crippen molar-refractivity contribution in [1.29, 1.82) is 0 Å². The lowest BCUT2D eigenvalue weighted by atomic mass is 10.1. The molecule has 10 nitrogen and oxygen atoms in total. The lowest BCUT2D eigenvalue weighted by Crippen LogP contribution is -2.42. The van der Waals surface area contributed by atoms with Crippen molar-refractivity contribution in [3.8, 4) is 6.01 Å². The van der Waals surface area contributed by atoms with Gasteiger partial charge in [-0.1, -0.05) is 12.1 Å². The van der Waals surface area contributed by atoms with Crippen LogP contribution in [0, 0.1) is 0 Å². The zero-order valence-electron chi connectivity index (χ0n) is 16.9. The normalized spacial score (nSPS) is 14.8. The number of likely N-dealkylation sites (tertiary alicyclic amines) is 1. The topological polar surface area (TPSA) is 127 Å². The monoisotopic (exact) mass is 404 g/mol. The molecule has 1 aliphatic heterocycles. The van der Waals surface area contributed by atoms with E-state index in [1.54, 1.807) is 4.90 Å². The maximum Gasteiger partial charge on any atom is 0.410 e. The van der Waals surface area contributed by atoms with Crippen LogP contribution in [0.2, 0.25) is 0 Å². The second kappa shape index (κ2) is 8.06. The number of piperidine rings is 1. The minimum Gasteiger partial charge on any atom is -0.444 e. The molecule has 29 heavy (non-hydrogen) atoms. The van der Waals surface area contributed by atoms with E-state index in [1.165, 1.54) is 6.07 Å². The van der Waals surface area contributed by atoms with E-state index in [0.29, 0.717) is 37.9 Å². The fourth-order valence-corrected chi connectivity index (χ4v) is 2.92. The third-order valence-corrected chi connectivity index (χ3v) is 4.31. The number of H-pyrrole nitrogens is 1. The summed E-state index contributed by atoms with van der Waals surface area (Å²) < 4.78 is 10.4. The summed E-state index contributed by atoms with van der Waals surface area (Å²) in [6, 6.07) is 1.11. The van der Waals surface area contributed by atoms with Gasteiger partial charge >= 0.3 is 17.7 Å². The van der Waals surface area contributed by atoms with Gasteiger partial charge in [-0.05, 0) is 32.8 Å². The fraction of sp³-hybridized carbons (Fsp3) is 0.526. The molecule has 10 heteroatoms. The number of aromatic amines is 1. The zero-order valence-corrected chi connectivity index (χ0v) is 16.9. The van der Waals surface area contributed by atoms with Gasteiger partial charge in [0.05, 0.1) is 5.71 Å². The first-order valence-electron chi connectivity index (χ1n) is 9.44. The first-order valence-corrected chi connectivity index (χ1v) is 9.44. The Labute approximate surface area is 166 Å². The Kier molecular flexibility index (Phi) is 5.71. The van der Waals surface area contributed by atoms with Crippen LogP contribution in [0.25, 0.3) is 11.1 Å². The van der Waals surface area contributed by atoms with E-state index in [1.807, 2.05) is 27.7 Å². The molecular weight excluding hydrogens is 380 g/mol. The number of nitrogens with one attached hydrogen (secondary N) is 1. The number of rotatable bonds is 3. The molecule has 2 aromatic heterocycles. The number of hydrogen-bond donors (Lipinski definition) is 1. The molecule has 156 valence electrons. The van der Waals surface area contributed by atoms with Crippen LogP contribution in [0.1, 0.15) is 46.1 Å². The predicted molar refractivity (Wildman–Crippen MR) is 105 cm³/mol. The molecule has 0 atom stereocenters. The third-order valence-electron chi connectivity index (χ3n) is 4.31. The minimum atomic E-state index is -0.584. The van der Waals surface area contributed by atoms with Crippen molar-refractivity contribution >= 4 is 22.9 Å². The summed E-state index contributed by atoms with van der Waals surface area (Å²) in [5.41, 5.74) is -0.416. The van der Waals surface area contributed by atoms with Gasteiger partial charge in [-0.25, -0.2) is 9.59 Å². The van der Waals surface area contributed by atoms with Crippen molar-refractivity contribution in [3.63, 3.8) is 0 Å². The molecule has 0 unspecified atom stereocenters. The number of fused-ring (bicyclic) bond motifs is 1. The van der Waals surface area contributed by atoms with Gasteiger partial charge in [0, 0.05) is 32.0 Å². The molecule has 1 fully saturated rings. The van der Waals surface area contributed by atoms with Gasteiger partial charge in [0.1, 0.15) is 11.0 Å². The van der Waals surface area contributed by atoms with E-state index in [-0.39, 0.29) is 23.2 Å². The molecule has 1 saturated heterocycles. The SMILES string of the molecule is CCc1cc(=O)oc2nc(ON=C3CCN(C(=O)OC(C)(C)C)CC3)[nH]c(=O)c12. The molecule has 0 bridgehead atoms. The Balaban J connectivity index is 1.70. The number of carbonyl (C=O) groups is 1. The maximum absolute atomic E-state index is 12.3. The van der Waals surface area contributed by atoms with E-state index >= 15 is 0 Å². The largest absolute Gasteiger partial charge is 0.444 e. The van der Waals surface area contributed by atoms with Gasteiger partial charge < -0.3 is 18.9 Å². The van der Waals surface area contributed by atoms with Crippen molar-refractivity contribution in [2.75, 3.05) is 13.1 Å². The first kappa shape index (κ1) is 20.6. The van der Waals surface area contributed by atoms with E-state index < -0.39 is 16.8 Å². The summed E-state index contributed by atoms with van der Waals surface area (Å²) in [6.45, 7) is 8.18. The summed E-state index contributed by atoms with van der Waals surface area (Å²) in [4.78, 5) is 49.4. The first-order chi connectivity index (χ1) is 13.7. The Morgan fingerprint density at radius 2 is 2.00 bits per heavy atom. The van der Waals surface area contributed by atoms with Crippen LogP contribution in [-0.4, -0.2) is 45.4 Å². The smallest absolute Gasteiger partial charge is 0.410 e. The van der Waals surface area contributed by atoms with Crippen LogP contribution >= 0.6 is 0 Å². The number of hydrogen-bond acceptors (Lipinski definition) is 8. The zero-order chi connectivity index (χ0) is 21.2. The lowest BCUT2D eigenvalue weighted by molar-refractivity contribution is 0.0248. The van der Waals surface area contributed by atoms with Crippen molar-refractivity contribution < 1.29 is 18.8 Å². The number of carbonyl (C=O) groups excluding carboxylic acids is 1. The molecule has 0 spiro atoms. The van der Waals surface area contributed by atoms with Crippen LogP contribution in [0.15, 0.2) is 25.2 Å². The van der Waals surface area contributed by atoms with E-state index in [9.17, 15) is 14.4 Å². The number of ether oxygens (including phenoxy) is 1. The average molecular weight is 404 g/mol.